The summed E-state index contributed by atoms with van der Waals surface area (Å²) in [6.07, 6.45) is 0.333. The minimum absolute atomic E-state index is 0.182. The third kappa shape index (κ3) is 2.09. The molecule has 4 heteroatoms. The third-order valence-corrected chi connectivity index (χ3v) is 1.72. The Labute approximate surface area is 75.6 Å². The number of phenolic OH excluding ortho intramolecular Hbond substituents is 2. The molecule has 0 saturated carbocycles. The van der Waals surface area contributed by atoms with Gasteiger partial charge in [-0.15, -0.1) is 0 Å². The summed E-state index contributed by atoms with van der Waals surface area (Å²) >= 11 is 0. The molecule has 1 aromatic rings. The van der Waals surface area contributed by atoms with E-state index in [1.807, 2.05) is 0 Å². The van der Waals surface area contributed by atoms with Crippen molar-refractivity contribution in [2.75, 3.05) is 0 Å². The van der Waals surface area contributed by atoms with Gasteiger partial charge >= 0.3 is 0 Å². The maximum atomic E-state index is 13.2. The first-order valence-electron chi connectivity index (χ1n) is 3.97. The van der Waals surface area contributed by atoms with E-state index in [-0.39, 0.29) is 6.04 Å². The molecule has 1 aromatic carbocycles. The summed E-state index contributed by atoms with van der Waals surface area (Å²) in [6, 6.07) is 2.47. The lowest BCUT2D eigenvalue weighted by atomic mass is 10.1. The molecule has 0 bridgehead atoms. The summed E-state index contributed by atoms with van der Waals surface area (Å²) in [7, 11) is 0. The minimum Gasteiger partial charge on any atom is -0.504 e. The second kappa shape index (κ2) is 3.62. The fourth-order valence-electron chi connectivity index (χ4n) is 1.10. The molecule has 3 nitrogen and oxygen atoms in total. The van der Waals surface area contributed by atoms with Crippen molar-refractivity contribution in [2.24, 2.45) is 5.73 Å². The molecule has 0 saturated heterocycles. The Balaban J connectivity index is 3.04. The van der Waals surface area contributed by atoms with Crippen LogP contribution in [0.4, 0.5) is 4.39 Å². The number of aromatic hydroxyl groups is 2. The van der Waals surface area contributed by atoms with Crippen molar-refractivity contribution in [1.29, 1.82) is 0 Å². The van der Waals surface area contributed by atoms with Crippen molar-refractivity contribution < 1.29 is 14.6 Å². The van der Waals surface area contributed by atoms with E-state index in [4.69, 9.17) is 15.9 Å². The van der Waals surface area contributed by atoms with Crippen LogP contribution in [-0.4, -0.2) is 16.3 Å². The lowest BCUT2D eigenvalue weighted by molar-refractivity contribution is 0.376. The molecule has 0 radical (unpaired) electrons. The topological polar surface area (TPSA) is 66.5 Å². The Morgan fingerprint density at radius 3 is 2.62 bits per heavy atom. The predicted molar refractivity (Wildman–Crippen MR) is 47.1 cm³/mol. The fourth-order valence-corrected chi connectivity index (χ4v) is 1.10. The number of phenols is 2. The zero-order chi connectivity index (χ0) is 10.0. The maximum Gasteiger partial charge on any atom is 0.194 e. The smallest absolute Gasteiger partial charge is 0.194 e. The van der Waals surface area contributed by atoms with Crippen molar-refractivity contribution in [3.63, 3.8) is 0 Å². The Morgan fingerprint density at radius 2 is 2.08 bits per heavy atom. The highest BCUT2D eigenvalue weighted by atomic mass is 19.1. The van der Waals surface area contributed by atoms with Gasteiger partial charge in [-0.1, -0.05) is 6.07 Å². The second-order valence-corrected chi connectivity index (χ2v) is 3.09. The van der Waals surface area contributed by atoms with Gasteiger partial charge in [0.05, 0.1) is 0 Å². The monoisotopic (exact) mass is 185 g/mol. The zero-order valence-corrected chi connectivity index (χ0v) is 7.29. The average Bonchev–Trinajstić information content (AvgIpc) is 2.06. The van der Waals surface area contributed by atoms with Gasteiger partial charge in [0.1, 0.15) is 0 Å². The lowest BCUT2D eigenvalue weighted by Gasteiger charge is -2.08. The van der Waals surface area contributed by atoms with Crippen LogP contribution in [0.3, 0.4) is 0 Å². The van der Waals surface area contributed by atoms with Gasteiger partial charge in [-0.05, 0) is 25.0 Å². The summed E-state index contributed by atoms with van der Waals surface area (Å²) in [4.78, 5) is 0. The Morgan fingerprint density at radius 1 is 1.46 bits per heavy atom. The van der Waals surface area contributed by atoms with Crippen LogP contribution in [0, 0.1) is 5.82 Å². The summed E-state index contributed by atoms with van der Waals surface area (Å²) < 4.78 is 13.2. The standard InChI is InChI=1S/C9H12FNO2/c1-5(11)4-6-2-3-7(12)9(13)8(6)10/h2-3,5,12-13H,4,11H2,1H3. The zero-order valence-electron chi connectivity index (χ0n) is 7.29. The van der Waals surface area contributed by atoms with Crippen LogP contribution in [0.5, 0.6) is 11.5 Å². The van der Waals surface area contributed by atoms with Crippen LogP contribution in [0.25, 0.3) is 0 Å². The predicted octanol–water partition coefficient (Wildman–Crippen LogP) is 1.13. The van der Waals surface area contributed by atoms with E-state index in [0.29, 0.717) is 12.0 Å². The Bertz CT molecular complexity index is 313. The van der Waals surface area contributed by atoms with Crippen LogP contribution in [0.2, 0.25) is 0 Å². The van der Waals surface area contributed by atoms with E-state index in [9.17, 15) is 4.39 Å². The van der Waals surface area contributed by atoms with Gasteiger partial charge in [-0.25, -0.2) is 4.39 Å². The summed E-state index contributed by atoms with van der Waals surface area (Å²) in [6.45, 7) is 1.74. The number of benzene rings is 1. The number of rotatable bonds is 2. The maximum absolute atomic E-state index is 13.2. The Kier molecular flexibility index (Phi) is 2.72. The number of halogens is 1. The van der Waals surface area contributed by atoms with Gasteiger partial charge in [0, 0.05) is 6.04 Å². The van der Waals surface area contributed by atoms with E-state index >= 15 is 0 Å². The fraction of sp³-hybridized carbons (Fsp3) is 0.333. The molecular weight excluding hydrogens is 173 g/mol. The molecule has 0 aromatic heterocycles. The van der Waals surface area contributed by atoms with E-state index in [2.05, 4.69) is 0 Å². The lowest BCUT2D eigenvalue weighted by Crippen LogP contribution is -2.18. The molecule has 1 atom stereocenters. The largest absolute Gasteiger partial charge is 0.504 e. The normalized spacial score (nSPS) is 12.8. The molecule has 0 fully saturated rings. The van der Waals surface area contributed by atoms with E-state index < -0.39 is 17.3 Å². The second-order valence-electron chi connectivity index (χ2n) is 3.09. The molecule has 72 valence electrons. The third-order valence-electron chi connectivity index (χ3n) is 1.72. The molecule has 0 aliphatic rings. The quantitative estimate of drug-likeness (QED) is 0.605. The van der Waals surface area contributed by atoms with Gasteiger partial charge < -0.3 is 15.9 Å². The highest BCUT2D eigenvalue weighted by Gasteiger charge is 2.12. The van der Waals surface area contributed by atoms with Crippen LogP contribution in [-0.2, 0) is 6.42 Å². The van der Waals surface area contributed by atoms with E-state index in [1.54, 1.807) is 6.92 Å². The van der Waals surface area contributed by atoms with Gasteiger partial charge in [0.25, 0.3) is 0 Å². The molecule has 0 aliphatic carbocycles. The first kappa shape index (κ1) is 9.80. The Hall–Kier alpha value is -1.29. The summed E-state index contributed by atoms with van der Waals surface area (Å²) in [5, 5.41) is 18.0. The molecule has 0 heterocycles. The number of hydrogen-bond donors (Lipinski definition) is 3. The van der Waals surface area contributed by atoms with Crippen molar-refractivity contribution in [2.45, 2.75) is 19.4 Å². The molecule has 0 amide bonds. The molecule has 0 aliphatic heterocycles. The van der Waals surface area contributed by atoms with Crippen LogP contribution < -0.4 is 5.73 Å². The number of hydrogen-bond acceptors (Lipinski definition) is 3. The van der Waals surface area contributed by atoms with Crippen molar-refractivity contribution >= 4 is 0 Å². The van der Waals surface area contributed by atoms with Gasteiger partial charge in [-0.2, -0.15) is 0 Å². The summed E-state index contributed by atoms with van der Waals surface area (Å²) in [5.41, 5.74) is 5.78. The van der Waals surface area contributed by atoms with Crippen molar-refractivity contribution in [1.82, 2.24) is 0 Å². The molecule has 1 rings (SSSR count). The molecule has 1 unspecified atom stereocenters. The average molecular weight is 185 g/mol. The molecule has 13 heavy (non-hydrogen) atoms. The van der Waals surface area contributed by atoms with Crippen molar-refractivity contribution in [3.05, 3.63) is 23.5 Å². The van der Waals surface area contributed by atoms with Crippen LogP contribution in [0.15, 0.2) is 12.1 Å². The highest BCUT2D eigenvalue weighted by Crippen LogP contribution is 2.29. The van der Waals surface area contributed by atoms with E-state index in [0.717, 1.165) is 0 Å². The SMILES string of the molecule is CC(N)Cc1ccc(O)c(O)c1F. The van der Waals surface area contributed by atoms with Crippen molar-refractivity contribution in [3.8, 4) is 11.5 Å². The van der Waals surface area contributed by atoms with Gasteiger partial charge in [0.15, 0.2) is 17.3 Å². The minimum atomic E-state index is -0.794. The van der Waals surface area contributed by atoms with Crippen LogP contribution in [0.1, 0.15) is 12.5 Å². The molecule has 4 N–H and O–H groups in total. The van der Waals surface area contributed by atoms with Crippen LogP contribution >= 0.6 is 0 Å². The highest BCUT2D eigenvalue weighted by molar-refractivity contribution is 5.42. The summed E-state index contributed by atoms with van der Waals surface area (Å²) in [5.74, 6) is -1.96. The first-order valence-corrected chi connectivity index (χ1v) is 3.97. The number of nitrogens with two attached hydrogens (primary N) is 1. The van der Waals surface area contributed by atoms with Gasteiger partial charge in [0.2, 0.25) is 0 Å². The molecule has 0 spiro atoms. The first-order chi connectivity index (χ1) is 6.02. The van der Waals surface area contributed by atoms with E-state index in [1.165, 1.54) is 12.1 Å². The van der Waals surface area contributed by atoms with Gasteiger partial charge in [-0.3, -0.25) is 0 Å². The molecular formula is C9H12FNO2.